The third-order valence-electron chi connectivity index (χ3n) is 7.87. The van der Waals surface area contributed by atoms with E-state index in [9.17, 15) is 9.59 Å². The van der Waals surface area contributed by atoms with Crippen LogP contribution in [0.2, 0.25) is 0 Å². The van der Waals surface area contributed by atoms with E-state index in [1.165, 1.54) is 11.1 Å². The number of allylic oxidation sites excluding steroid dienone is 1. The lowest BCUT2D eigenvalue weighted by Crippen LogP contribution is -2.44. The first-order valence-corrected chi connectivity index (χ1v) is 13.5. The Bertz CT molecular complexity index is 1310. The van der Waals surface area contributed by atoms with Crippen molar-refractivity contribution in [1.29, 1.82) is 0 Å². The molecule has 1 fully saturated rings. The van der Waals surface area contributed by atoms with Crippen LogP contribution >= 0.6 is 0 Å². The Hall–Kier alpha value is -3.93. The molecule has 0 bridgehead atoms. The molecule has 2 amide bonds. The van der Waals surface area contributed by atoms with Gasteiger partial charge in [-0.2, -0.15) is 0 Å². The summed E-state index contributed by atoms with van der Waals surface area (Å²) in [5, 5.41) is 0. The molecule has 1 aliphatic carbocycles. The van der Waals surface area contributed by atoms with Gasteiger partial charge >= 0.3 is 6.09 Å². The second kappa shape index (κ2) is 11.2. The van der Waals surface area contributed by atoms with Crippen molar-refractivity contribution in [3.63, 3.8) is 0 Å². The number of pyridine rings is 1. The predicted molar refractivity (Wildman–Crippen MR) is 149 cm³/mol. The topological polar surface area (TPSA) is 62.7 Å². The third kappa shape index (κ3) is 5.35. The summed E-state index contributed by atoms with van der Waals surface area (Å²) >= 11 is 0. The molecular formula is C32H35N3O3. The van der Waals surface area contributed by atoms with Gasteiger partial charge in [0.2, 0.25) is 0 Å². The maximum Gasteiger partial charge on any atom is 0.410 e. The summed E-state index contributed by atoms with van der Waals surface area (Å²) in [5.74, 6) is -0.0393. The molecule has 0 radical (unpaired) electrons. The highest BCUT2D eigenvalue weighted by atomic mass is 16.6. The van der Waals surface area contributed by atoms with E-state index in [1.54, 1.807) is 4.90 Å². The van der Waals surface area contributed by atoms with Crippen LogP contribution in [0.5, 0.6) is 0 Å². The summed E-state index contributed by atoms with van der Waals surface area (Å²) in [7, 11) is 0. The Kier molecular flexibility index (Phi) is 7.59. The first-order chi connectivity index (χ1) is 18.5. The monoisotopic (exact) mass is 509 g/mol. The van der Waals surface area contributed by atoms with E-state index in [2.05, 4.69) is 35.3 Å². The lowest BCUT2D eigenvalue weighted by atomic mass is 9.67. The van der Waals surface area contributed by atoms with Crippen LogP contribution in [0.1, 0.15) is 59.4 Å². The van der Waals surface area contributed by atoms with Crippen molar-refractivity contribution < 1.29 is 14.3 Å². The molecule has 0 atom stereocenters. The molecule has 1 aromatic heterocycles. The summed E-state index contributed by atoms with van der Waals surface area (Å²) in [5.41, 5.74) is 6.12. The number of amides is 2. The van der Waals surface area contributed by atoms with Crippen LogP contribution in [-0.4, -0.2) is 53.0 Å². The van der Waals surface area contributed by atoms with Gasteiger partial charge in [0.05, 0.1) is 0 Å². The molecule has 0 saturated carbocycles. The summed E-state index contributed by atoms with van der Waals surface area (Å²) in [6.07, 6.45) is 6.67. The van der Waals surface area contributed by atoms with Gasteiger partial charge in [-0.25, -0.2) is 4.79 Å². The van der Waals surface area contributed by atoms with E-state index in [1.807, 2.05) is 67.4 Å². The highest BCUT2D eigenvalue weighted by Gasteiger charge is 2.38. The fourth-order valence-corrected chi connectivity index (χ4v) is 5.61. The van der Waals surface area contributed by atoms with Gasteiger partial charge in [-0.15, -0.1) is 0 Å². The van der Waals surface area contributed by atoms with E-state index in [-0.39, 0.29) is 17.4 Å². The van der Waals surface area contributed by atoms with Crippen molar-refractivity contribution in [2.75, 3.05) is 26.2 Å². The molecule has 0 N–H and O–H groups in total. The van der Waals surface area contributed by atoms with Crippen molar-refractivity contribution in [2.45, 2.75) is 39.7 Å². The fourth-order valence-electron chi connectivity index (χ4n) is 5.61. The average molecular weight is 510 g/mol. The van der Waals surface area contributed by atoms with Gasteiger partial charge < -0.3 is 14.5 Å². The predicted octanol–water partition coefficient (Wildman–Crippen LogP) is 5.97. The molecule has 3 aromatic rings. The molecule has 2 aliphatic rings. The van der Waals surface area contributed by atoms with E-state index in [0.717, 1.165) is 36.0 Å². The molecule has 2 aromatic carbocycles. The zero-order valence-corrected chi connectivity index (χ0v) is 22.2. The lowest BCUT2D eigenvalue weighted by molar-refractivity contribution is 0.0721. The number of likely N-dealkylation sites (tertiary alicyclic amines) is 1. The number of rotatable bonds is 6. The minimum absolute atomic E-state index is 0.0321. The van der Waals surface area contributed by atoms with E-state index < -0.39 is 0 Å². The number of carbonyl (C=O) groups excluding carboxylic acids is 2. The van der Waals surface area contributed by atoms with Crippen LogP contribution < -0.4 is 0 Å². The number of ether oxygens (including phenoxy) is 1. The van der Waals surface area contributed by atoms with Crippen molar-refractivity contribution in [2.24, 2.45) is 5.41 Å². The summed E-state index contributed by atoms with van der Waals surface area (Å²) in [4.78, 5) is 33.7. The largest absolute Gasteiger partial charge is 0.445 e. The number of hydrogen-bond acceptors (Lipinski definition) is 4. The second-order valence-corrected chi connectivity index (χ2v) is 10.2. The molecule has 0 unspecified atom stereocenters. The SMILES string of the molecule is CCN(CC)C(=O)c1ccc(C2=CC3(CCN(C(=O)OCc4ccccc4)CC3)Cc3ccccc32)cn1. The van der Waals surface area contributed by atoms with Crippen LogP contribution in [-0.2, 0) is 17.8 Å². The summed E-state index contributed by atoms with van der Waals surface area (Å²) < 4.78 is 5.59. The number of aromatic nitrogens is 1. The molecule has 196 valence electrons. The Morgan fingerprint density at radius 1 is 0.947 bits per heavy atom. The first-order valence-electron chi connectivity index (χ1n) is 13.5. The molecule has 1 aliphatic heterocycles. The van der Waals surface area contributed by atoms with Gasteiger partial charge in [-0.05, 0) is 66.9 Å². The fraction of sp³-hybridized carbons (Fsp3) is 0.344. The zero-order valence-electron chi connectivity index (χ0n) is 22.2. The third-order valence-corrected chi connectivity index (χ3v) is 7.87. The van der Waals surface area contributed by atoms with Crippen LogP contribution in [0.25, 0.3) is 5.57 Å². The first kappa shape index (κ1) is 25.7. The summed E-state index contributed by atoms with van der Waals surface area (Å²) in [6, 6.07) is 22.2. The zero-order chi connectivity index (χ0) is 26.5. The van der Waals surface area contributed by atoms with Crippen molar-refractivity contribution in [3.05, 3.63) is 107 Å². The molecule has 1 spiro atoms. The van der Waals surface area contributed by atoms with E-state index >= 15 is 0 Å². The van der Waals surface area contributed by atoms with Gasteiger partial charge in [-0.3, -0.25) is 9.78 Å². The second-order valence-electron chi connectivity index (χ2n) is 10.2. The Morgan fingerprint density at radius 3 is 2.34 bits per heavy atom. The van der Waals surface area contributed by atoms with Gasteiger partial charge in [0.1, 0.15) is 12.3 Å². The molecule has 6 heteroatoms. The number of hydrogen-bond donors (Lipinski definition) is 0. The standard InChI is InChI=1S/C32H35N3O3/c1-3-34(4-2)30(36)29-15-14-26(22-33-29)28-21-32(20-25-12-8-9-13-27(25)28)16-18-35(19-17-32)31(37)38-23-24-10-6-5-7-11-24/h5-15,21-22H,3-4,16-20,23H2,1-2H3. The van der Waals surface area contributed by atoms with Crippen molar-refractivity contribution in [1.82, 2.24) is 14.8 Å². The smallest absolute Gasteiger partial charge is 0.410 e. The van der Waals surface area contributed by atoms with Crippen LogP contribution in [0.15, 0.2) is 79.0 Å². The number of piperidine rings is 1. The molecule has 6 nitrogen and oxygen atoms in total. The molecule has 38 heavy (non-hydrogen) atoms. The average Bonchev–Trinajstić information content (AvgIpc) is 2.97. The number of fused-ring (bicyclic) bond motifs is 1. The minimum atomic E-state index is -0.248. The Balaban J connectivity index is 1.33. The molecule has 2 heterocycles. The van der Waals surface area contributed by atoms with Crippen molar-refractivity contribution in [3.8, 4) is 0 Å². The van der Waals surface area contributed by atoms with Gasteiger partial charge in [0, 0.05) is 37.9 Å². The van der Waals surface area contributed by atoms with Gasteiger partial charge in [0.25, 0.3) is 5.91 Å². The number of carbonyl (C=O) groups is 2. The Labute approximate surface area is 224 Å². The molecule has 5 rings (SSSR count). The number of nitrogens with zero attached hydrogens (tertiary/aromatic N) is 3. The minimum Gasteiger partial charge on any atom is -0.445 e. The highest BCUT2D eigenvalue weighted by Crippen LogP contribution is 2.45. The maximum absolute atomic E-state index is 12.8. The normalized spacial score (nSPS) is 15.9. The van der Waals surface area contributed by atoms with E-state index in [4.69, 9.17) is 4.74 Å². The Morgan fingerprint density at radius 2 is 1.66 bits per heavy atom. The summed E-state index contributed by atoms with van der Waals surface area (Å²) in [6.45, 7) is 6.90. The number of benzene rings is 2. The van der Waals surface area contributed by atoms with Crippen molar-refractivity contribution >= 4 is 17.6 Å². The van der Waals surface area contributed by atoms with Crippen LogP contribution in [0.4, 0.5) is 4.79 Å². The van der Waals surface area contributed by atoms with E-state index in [0.29, 0.717) is 38.5 Å². The quantitative estimate of drug-likeness (QED) is 0.411. The molecule has 1 saturated heterocycles. The van der Waals surface area contributed by atoms with Gasteiger partial charge in [-0.1, -0.05) is 66.7 Å². The van der Waals surface area contributed by atoms with Crippen LogP contribution in [0.3, 0.4) is 0 Å². The van der Waals surface area contributed by atoms with Crippen LogP contribution in [0, 0.1) is 5.41 Å². The highest BCUT2D eigenvalue weighted by molar-refractivity contribution is 5.93. The molecular weight excluding hydrogens is 474 g/mol. The van der Waals surface area contributed by atoms with Gasteiger partial charge in [0.15, 0.2) is 0 Å². The maximum atomic E-state index is 12.8. The lowest BCUT2D eigenvalue weighted by Gasteiger charge is -2.42.